The molecule has 1 aromatic heterocycles. The SMILES string of the molecule is CCc1ccc2c(ccn2CCC(C)(C)O)c1. The normalized spacial score (nSPS) is 12.2. The van der Waals surface area contributed by atoms with Gasteiger partial charge in [-0.3, -0.25) is 0 Å². The molecular formula is C15H21NO. The first-order chi connectivity index (χ1) is 7.99. The summed E-state index contributed by atoms with van der Waals surface area (Å²) in [6.07, 6.45) is 3.95. The van der Waals surface area contributed by atoms with Gasteiger partial charge < -0.3 is 9.67 Å². The summed E-state index contributed by atoms with van der Waals surface area (Å²) < 4.78 is 2.22. The number of aromatic nitrogens is 1. The van der Waals surface area contributed by atoms with Gasteiger partial charge in [0.15, 0.2) is 0 Å². The van der Waals surface area contributed by atoms with Gasteiger partial charge in [-0.15, -0.1) is 0 Å². The lowest BCUT2D eigenvalue weighted by Gasteiger charge is -2.17. The highest BCUT2D eigenvalue weighted by molar-refractivity contribution is 5.80. The molecule has 0 saturated carbocycles. The maximum Gasteiger partial charge on any atom is 0.0608 e. The van der Waals surface area contributed by atoms with Crippen LogP contribution in [0.3, 0.4) is 0 Å². The van der Waals surface area contributed by atoms with Crippen molar-refractivity contribution in [2.45, 2.75) is 45.8 Å². The molecule has 0 fully saturated rings. The van der Waals surface area contributed by atoms with Gasteiger partial charge >= 0.3 is 0 Å². The van der Waals surface area contributed by atoms with E-state index in [1.165, 1.54) is 16.5 Å². The molecule has 0 aliphatic rings. The van der Waals surface area contributed by atoms with Gasteiger partial charge in [0, 0.05) is 18.3 Å². The Morgan fingerprint density at radius 1 is 1.24 bits per heavy atom. The van der Waals surface area contributed by atoms with E-state index in [1.807, 2.05) is 13.8 Å². The smallest absolute Gasteiger partial charge is 0.0608 e. The average Bonchev–Trinajstić information content (AvgIpc) is 2.67. The summed E-state index contributed by atoms with van der Waals surface area (Å²) in [4.78, 5) is 0. The van der Waals surface area contributed by atoms with Crippen LogP contribution in [-0.2, 0) is 13.0 Å². The summed E-state index contributed by atoms with van der Waals surface area (Å²) in [6.45, 7) is 6.74. The van der Waals surface area contributed by atoms with E-state index in [9.17, 15) is 5.11 Å². The van der Waals surface area contributed by atoms with Crippen LogP contribution in [0.25, 0.3) is 10.9 Å². The van der Waals surface area contributed by atoms with E-state index in [4.69, 9.17) is 0 Å². The number of aryl methyl sites for hydroxylation is 2. The van der Waals surface area contributed by atoms with E-state index >= 15 is 0 Å². The Bertz CT molecular complexity index is 505. The van der Waals surface area contributed by atoms with Gasteiger partial charge in [-0.1, -0.05) is 13.0 Å². The molecular weight excluding hydrogens is 210 g/mol. The van der Waals surface area contributed by atoms with Crippen molar-refractivity contribution >= 4 is 10.9 Å². The van der Waals surface area contributed by atoms with Gasteiger partial charge in [0.2, 0.25) is 0 Å². The first kappa shape index (κ1) is 12.2. The Morgan fingerprint density at radius 3 is 2.65 bits per heavy atom. The molecule has 17 heavy (non-hydrogen) atoms. The predicted octanol–water partition coefficient (Wildman–Crippen LogP) is 3.36. The maximum atomic E-state index is 9.76. The molecule has 1 N–H and O–H groups in total. The maximum absolute atomic E-state index is 9.76. The fourth-order valence-corrected chi connectivity index (χ4v) is 2.06. The molecule has 0 spiro atoms. The number of hydrogen-bond acceptors (Lipinski definition) is 1. The minimum absolute atomic E-state index is 0.597. The number of benzene rings is 1. The van der Waals surface area contributed by atoms with E-state index in [0.29, 0.717) is 0 Å². The summed E-state index contributed by atoms with van der Waals surface area (Å²) >= 11 is 0. The second-order valence-electron chi connectivity index (χ2n) is 5.32. The average molecular weight is 231 g/mol. The van der Waals surface area contributed by atoms with Crippen LogP contribution in [0.5, 0.6) is 0 Å². The molecule has 0 unspecified atom stereocenters. The van der Waals surface area contributed by atoms with Gasteiger partial charge in [0.25, 0.3) is 0 Å². The second kappa shape index (κ2) is 4.53. The van der Waals surface area contributed by atoms with Crippen LogP contribution in [0.1, 0.15) is 32.8 Å². The van der Waals surface area contributed by atoms with Gasteiger partial charge in [0.05, 0.1) is 5.60 Å². The molecule has 0 saturated heterocycles. The summed E-state index contributed by atoms with van der Waals surface area (Å²) in [5.74, 6) is 0. The fourth-order valence-electron chi connectivity index (χ4n) is 2.06. The van der Waals surface area contributed by atoms with Crippen molar-refractivity contribution in [3.05, 3.63) is 36.0 Å². The number of rotatable bonds is 4. The zero-order valence-corrected chi connectivity index (χ0v) is 10.9. The Kier molecular flexibility index (Phi) is 3.25. The fraction of sp³-hybridized carbons (Fsp3) is 0.467. The molecule has 2 aromatic rings. The van der Waals surface area contributed by atoms with Crippen LogP contribution in [0.4, 0.5) is 0 Å². The highest BCUT2D eigenvalue weighted by atomic mass is 16.3. The van der Waals surface area contributed by atoms with Crippen LogP contribution in [0.2, 0.25) is 0 Å². The van der Waals surface area contributed by atoms with Crippen molar-refractivity contribution in [2.75, 3.05) is 0 Å². The lowest BCUT2D eigenvalue weighted by Crippen LogP contribution is -2.20. The van der Waals surface area contributed by atoms with Crippen LogP contribution >= 0.6 is 0 Å². The molecule has 0 aliphatic carbocycles. The van der Waals surface area contributed by atoms with Crippen molar-refractivity contribution < 1.29 is 5.11 Å². The monoisotopic (exact) mass is 231 g/mol. The molecule has 1 heterocycles. The first-order valence-corrected chi connectivity index (χ1v) is 6.30. The summed E-state index contributed by atoms with van der Waals surface area (Å²) in [5.41, 5.74) is 2.03. The lowest BCUT2D eigenvalue weighted by molar-refractivity contribution is 0.0666. The minimum atomic E-state index is -0.597. The summed E-state index contributed by atoms with van der Waals surface area (Å²) in [6, 6.07) is 8.76. The molecule has 0 radical (unpaired) electrons. The largest absolute Gasteiger partial charge is 0.390 e. The topological polar surface area (TPSA) is 25.2 Å². The van der Waals surface area contributed by atoms with Crippen molar-refractivity contribution in [1.82, 2.24) is 4.57 Å². The summed E-state index contributed by atoms with van der Waals surface area (Å²) in [5, 5.41) is 11.0. The molecule has 0 bridgehead atoms. The molecule has 2 nitrogen and oxygen atoms in total. The van der Waals surface area contributed by atoms with Crippen LogP contribution in [0.15, 0.2) is 30.5 Å². The minimum Gasteiger partial charge on any atom is -0.390 e. The number of nitrogens with zero attached hydrogens (tertiary/aromatic N) is 1. The van der Waals surface area contributed by atoms with Crippen LogP contribution < -0.4 is 0 Å². The number of fused-ring (bicyclic) bond motifs is 1. The molecule has 2 rings (SSSR count). The van der Waals surface area contributed by atoms with Crippen LogP contribution in [0, 0.1) is 0 Å². The van der Waals surface area contributed by atoms with Crippen molar-refractivity contribution in [3.63, 3.8) is 0 Å². The third-order valence-corrected chi connectivity index (χ3v) is 3.21. The highest BCUT2D eigenvalue weighted by Crippen LogP contribution is 2.20. The molecule has 1 aromatic carbocycles. The molecule has 2 heteroatoms. The van der Waals surface area contributed by atoms with E-state index in [2.05, 4.69) is 42.0 Å². The van der Waals surface area contributed by atoms with E-state index in [0.717, 1.165) is 19.4 Å². The standard InChI is InChI=1S/C15H21NO/c1-4-12-5-6-14-13(11-12)7-9-16(14)10-8-15(2,3)17/h5-7,9,11,17H,4,8,10H2,1-3H3. The van der Waals surface area contributed by atoms with E-state index < -0.39 is 5.60 Å². The highest BCUT2D eigenvalue weighted by Gasteiger charge is 2.12. The number of aliphatic hydroxyl groups is 1. The first-order valence-electron chi connectivity index (χ1n) is 6.30. The lowest BCUT2D eigenvalue weighted by atomic mass is 10.1. The van der Waals surface area contributed by atoms with Crippen molar-refractivity contribution in [1.29, 1.82) is 0 Å². The van der Waals surface area contributed by atoms with Gasteiger partial charge in [-0.05, 0) is 55.8 Å². The van der Waals surface area contributed by atoms with Crippen molar-refractivity contribution in [3.8, 4) is 0 Å². The third-order valence-electron chi connectivity index (χ3n) is 3.21. The number of hydrogen-bond donors (Lipinski definition) is 1. The van der Waals surface area contributed by atoms with Crippen molar-refractivity contribution in [2.24, 2.45) is 0 Å². The Morgan fingerprint density at radius 2 is 2.00 bits per heavy atom. The molecule has 0 atom stereocenters. The Balaban J connectivity index is 2.24. The third kappa shape index (κ3) is 2.89. The zero-order valence-electron chi connectivity index (χ0n) is 10.9. The van der Waals surface area contributed by atoms with E-state index in [-0.39, 0.29) is 0 Å². The molecule has 92 valence electrons. The molecule has 0 aliphatic heterocycles. The predicted molar refractivity (Wildman–Crippen MR) is 72.2 cm³/mol. The van der Waals surface area contributed by atoms with Gasteiger partial charge in [-0.25, -0.2) is 0 Å². The summed E-state index contributed by atoms with van der Waals surface area (Å²) in [7, 11) is 0. The molecule has 0 amide bonds. The second-order valence-corrected chi connectivity index (χ2v) is 5.32. The Labute approximate surface area is 103 Å². The zero-order chi connectivity index (χ0) is 12.5. The van der Waals surface area contributed by atoms with Gasteiger partial charge in [0.1, 0.15) is 0 Å². The Hall–Kier alpha value is -1.28. The quantitative estimate of drug-likeness (QED) is 0.857. The van der Waals surface area contributed by atoms with E-state index in [1.54, 1.807) is 0 Å². The van der Waals surface area contributed by atoms with Crippen LogP contribution in [-0.4, -0.2) is 15.3 Å². The van der Waals surface area contributed by atoms with Gasteiger partial charge in [-0.2, -0.15) is 0 Å².